The van der Waals surface area contributed by atoms with Gasteiger partial charge in [0.25, 0.3) is 0 Å². The van der Waals surface area contributed by atoms with E-state index in [9.17, 15) is 4.79 Å². The fourth-order valence-corrected chi connectivity index (χ4v) is 4.18. The highest BCUT2D eigenvalue weighted by Gasteiger charge is 2.47. The molecule has 3 rings (SSSR count). The fraction of sp³-hybridized carbons (Fsp3) is 0.778. The van der Waals surface area contributed by atoms with Crippen LogP contribution in [0, 0.1) is 12.3 Å². The number of aromatic nitrogens is 1. The molecule has 134 valence electrons. The van der Waals surface area contributed by atoms with E-state index >= 15 is 0 Å². The van der Waals surface area contributed by atoms with E-state index in [1.807, 2.05) is 13.0 Å². The molecule has 1 N–H and O–H groups in total. The summed E-state index contributed by atoms with van der Waals surface area (Å²) in [5.41, 5.74) is 1.11. The normalized spacial score (nSPS) is 24.5. The van der Waals surface area contributed by atoms with Crippen molar-refractivity contribution in [2.75, 3.05) is 33.2 Å². The second-order valence-corrected chi connectivity index (χ2v) is 7.64. The minimum Gasteiger partial charge on any atom is -0.361 e. The Balaban J connectivity index is 1.62. The van der Waals surface area contributed by atoms with Gasteiger partial charge < -0.3 is 14.7 Å². The van der Waals surface area contributed by atoms with Crippen LogP contribution in [0.4, 0.5) is 0 Å². The summed E-state index contributed by atoms with van der Waals surface area (Å²) in [6, 6.07) is 1.87. The number of aryl methyl sites for hydroxylation is 1. The highest BCUT2D eigenvalue weighted by atomic mass is 16.5. The Kier molecular flexibility index (Phi) is 5.25. The Labute approximate surface area is 144 Å². The third-order valence-corrected chi connectivity index (χ3v) is 5.59. The van der Waals surface area contributed by atoms with Crippen molar-refractivity contribution >= 4 is 5.91 Å². The Hall–Kier alpha value is -1.40. The molecule has 2 fully saturated rings. The summed E-state index contributed by atoms with van der Waals surface area (Å²) in [6.07, 6.45) is 4.48. The highest BCUT2D eigenvalue weighted by Crippen LogP contribution is 2.43. The van der Waals surface area contributed by atoms with Gasteiger partial charge in [-0.1, -0.05) is 12.1 Å². The summed E-state index contributed by atoms with van der Waals surface area (Å²) in [5, 5.41) is 7.01. The number of carbonyl (C=O) groups excluding carboxylic acids is 1. The molecule has 0 saturated carbocycles. The van der Waals surface area contributed by atoms with Crippen molar-refractivity contribution < 1.29 is 9.32 Å². The van der Waals surface area contributed by atoms with E-state index in [2.05, 4.69) is 34.2 Å². The second-order valence-electron chi connectivity index (χ2n) is 7.64. The molecule has 0 aromatic carbocycles. The fourth-order valence-electron chi connectivity index (χ4n) is 4.18. The third-order valence-electron chi connectivity index (χ3n) is 5.59. The summed E-state index contributed by atoms with van der Waals surface area (Å²) >= 11 is 0. The zero-order chi connectivity index (χ0) is 17.2. The van der Waals surface area contributed by atoms with E-state index in [4.69, 9.17) is 4.52 Å². The molecule has 0 aliphatic carbocycles. The number of hydrogen-bond donors (Lipinski definition) is 1. The van der Waals surface area contributed by atoms with Crippen molar-refractivity contribution in [3.8, 4) is 0 Å². The summed E-state index contributed by atoms with van der Waals surface area (Å²) in [4.78, 5) is 17.6. The topological polar surface area (TPSA) is 61.6 Å². The van der Waals surface area contributed by atoms with Crippen LogP contribution in [0.15, 0.2) is 10.6 Å². The first-order valence-electron chi connectivity index (χ1n) is 9.14. The maximum absolute atomic E-state index is 12.8. The van der Waals surface area contributed by atoms with Crippen molar-refractivity contribution in [1.29, 1.82) is 0 Å². The van der Waals surface area contributed by atoms with Gasteiger partial charge in [0, 0.05) is 12.6 Å². The van der Waals surface area contributed by atoms with Crippen LogP contribution < -0.4 is 5.32 Å². The van der Waals surface area contributed by atoms with Gasteiger partial charge in [0.1, 0.15) is 11.5 Å². The van der Waals surface area contributed by atoms with E-state index in [0.717, 1.165) is 50.5 Å². The zero-order valence-corrected chi connectivity index (χ0v) is 15.2. The summed E-state index contributed by atoms with van der Waals surface area (Å²) < 4.78 is 5.07. The van der Waals surface area contributed by atoms with Crippen LogP contribution in [0.2, 0.25) is 0 Å². The van der Waals surface area contributed by atoms with Gasteiger partial charge in [0.15, 0.2) is 0 Å². The average Bonchev–Trinajstić information content (AvgIpc) is 3.13. The van der Waals surface area contributed by atoms with Gasteiger partial charge in [-0.05, 0) is 64.7 Å². The van der Waals surface area contributed by atoms with Gasteiger partial charge in [0.05, 0.1) is 12.6 Å². The lowest BCUT2D eigenvalue weighted by molar-refractivity contribution is -0.125. The summed E-state index contributed by atoms with van der Waals surface area (Å²) in [7, 11) is 2.19. The van der Waals surface area contributed by atoms with Crippen molar-refractivity contribution in [1.82, 2.24) is 20.3 Å². The molecule has 1 aromatic heterocycles. The number of piperidine rings is 1. The molecule has 0 bridgehead atoms. The first kappa shape index (κ1) is 17.4. The van der Waals surface area contributed by atoms with Gasteiger partial charge in [-0.3, -0.25) is 9.69 Å². The minimum atomic E-state index is 0.00125. The van der Waals surface area contributed by atoms with Crippen LogP contribution >= 0.6 is 0 Å². The largest absolute Gasteiger partial charge is 0.361 e. The van der Waals surface area contributed by atoms with Crippen LogP contribution in [-0.2, 0) is 11.3 Å². The molecule has 1 amide bonds. The zero-order valence-electron chi connectivity index (χ0n) is 15.2. The highest BCUT2D eigenvalue weighted by molar-refractivity contribution is 5.82. The molecule has 1 atom stereocenters. The molecule has 2 aliphatic heterocycles. The van der Waals surface area contributed by atoms with Gasteiger partial charge in [-0.25, -0.2) is 0 Å². The molecule has 2 aliphatic rings. The lowest BCUT2D eigenvalue weighted by Crippen LogP contribution is -2.43. The van der Waals surface area contributed by atoms with Gasteiger partial charge in [-0.15, -0.1) is 0 Å². The lowest BCUT2D eigenvalue weighted by atomic mass is 9.76. The Morgan fingerprint density at radius 2 is 2.21 bits per heavy atom. The lowest BCUT2D eigenvalue weighted by Gasteiger charge is -2.37. The van der Waals surface area contributed by atoms with E-state index in [0.29, 0.717) is 12.0 Å². The predicted molar refractivity (Wildman–Crippen MR) is 92.5 cm³/mol. The molecule has 0 radical (unpaired) electrons. The monoisotopic (exact) mass is 334 g/mol. The first-order valence-corrected chi connectivity index (χ1v) is 9.14. The molecule has 2 saturated heterocycles. The number of nitrogens with one attached hydrogen (secondary N) is 1. The van der Waals surface area contributed by atoms with Crippen LogP contribution in [0.5, 0.6) is 0 Å². The number of nitrogens with zero attached hydrogens (tertiary/aromatic N) is 3. The number of likely N-dealkylation sites (tertiary alicyclic amines) is 2. The average molecular weight is 334 g/mol. The number of amides is 1. The van der Waals surface area contributed by atoms with Crippen LogP contribution in [0.3, 0.4) is 0 Å². The van der Waals surface area contributed by atoms with Gasteiger partial charge in [-0.2, -0.15) is 0 Å². The molecule has 6 heteroatoms. The Morgan fingerprint density at radius 1 is 1.46 bits per heavy atom. The Bertz CT molecular complexity index is 563. The number of rotatable bonds is 5. The van der Waals surface area contributed by atoms with E-state index in [1.165, 1.54) is 12.8 Å². The van der Waals surface area contributed by atoms with E-state index < -0.39 is 0 Å². The quantitative estimate of drug-likeness (QED) is 0.890. The maximum atomic E-state index is 12.8. The molecule has 1 unspecified atom stereocenters. The van der Waals surface area contributed by atoms with Crippen LogP contribution in [-0.4, -0.2) is 60.1 Å². The van der Waals surface area contributed by atoms with Gasteiger partial charge in [0.2, 0.25) is 5.91 Å². The molecular weight excluding hydrogens is 304 g/mol. The molecule has 3 heterocycles. The first-order chi connectivity index (χ1) is 11.5. The standard InChI is InChI=1S/C18H30N4O2/c1-4-7-22-13-18(5-8-21(3)9-6-18)11-16(22)17(23)19-12-15-10-14(2)24-20-15/h10,16H,4-9,11-13H2,1-3H3,(H,19,23). The number of hydrogen-bond acceptors (Lipinski definition) is 5. The van der Waals surface area contributed by atoms with E-state index in [1.54, 1.807) is 0 Å². The van der Waals surface area contributed by atoms with Gasteiger partial charge >= 0.3 is 0 Å². The van der Waals surface area contributed by atoms with Crippen molar-refractivity contribution in [2.45, 2.75) is 52.1 Å². The molecule has 1 spiro atoms. The molecule has 6 nitrogen and oxygen atoms in total. The summed E-state index contributed by atoms with van der Waals surface area (Å²) in [5.74, 6) is 0.915. The van der Waals surface area contributed by atoms with Crippen LogP contribution in [0.25, 0.3) is 0 Å². The molecule has 24 heavy (non-hydrogen) atoms. The minimum absolute atomic E-state index is 0.00125. The predicted octanol–water partition coefficient (Wildman–Crippen LogP) is 1.80. The molecular formula is C18H30N4O2. The SMILES string of the molecule is CCCN1CC2(CCN(C)CC2)CC1C(=O)NCc1cc(C)on1. The number of carbonyl (C=O) groups is 1. The van der Waals surface area contributed by atoms with Crippen molar-refractivity contribution in [3.63, 3.8) is 0 Å². The van der Waals surface area contributed by atoms with E-state index in [-0.39, 0.29) is 11.9 Å². The smallest absolute Gasteiger partial charge is 0.237 e. The molecule has 1 aromatic rings. The van der Waals surface area contributed by atoms with Crippen LogP contribution in [0.1, 0.15) is 44.1 Å². The maximum Gasteiger partial charge on any atom is 0.237 e. The second kappa shape index (κ2) is 7.23. The van der Waals surface area contributed by atoms with Crippen molar-refractivity contribution in [3.05, 3.63) is 17.5 Å². The third kappa shape index (κ3) is 3.81. The summed E-state index contributed by atoms with van der Waals surface area (Å²) in [6.45, 7) is 8.85. The van der Waals surface area contributed by atoms with Crippen molar-refractivity contribution in [2.24, 2.45) is 5.41 Å². The Morgan fingerprint density at radius 3 is 2.83 bits per heavy atom.